The zero-order valence-electron chi connectivity index (χ0n) is 14.9. The molecular weight excluding hydrogens is 342 g/mol. The van der Waals surface area contributed by atoms with E-state index in [4.69, 9.17) is 10.00 Å². The van der Waals surface area contributed by atoms with Gasteiger partial charge in [-0.2, -0.15) is 5.26 Å². The Balaban J connectivity index is 1.96. The molecule has 0 aromatic heterocycles. The van der Waals surface area contributed by atoms with E-state index in [0.29, 0.717) is 6.42 Å². The Morgan fingerprint density at radius 3 is 2.69 bits per heavy atom. The Kier molecular flexibility index (Phi) is 4.26. The van der Waals surface area contributed by atoms with Gasteiger partial charge < -0.3 is 4.74 Å². The Morgan fingerprint density at radius 2 is 2.08 bits per heavy atom. The summed E-state index contributed by atoms with van der Waals surface area (Å²) >= 11 is 0. The van der Waals surface area contributed by atoms with Gasteiger partial charge in [0.25, 0.3) is 0 Å². The molecule has 1 saturated heterocycles. The van der Waals surface area contributed by atoms with Crippen molar-refractivity contribution in [2.75, 3.05) is 6.54 Å². The summed E-state index contributed by atoms with van der Waals surface area (Å²) in [5.74, 6) is -1.88. The predicted molar refractivity (Wildman–Crippen MR) is 88.1 cm³/mol. The molecule has 1 amide bonds. The summed E-state index contributed by atoms with van der Waals surface area (Å²) in [4.78, 5) is 26.3. The number of carbonyl (C=O) groups excluding carboxylic acids is 2. The minimum atomic E-state index is -0.854. The van der Waals surface area contributed by atoms with Crippen molar-refractivity contribution in [3.8, 4) is 6.07 Å². The maximum Gasteiger partial charge on any atom is 0.410 e. The summed E-state index contributed by atoms with van der Waals surface area (Å²) in [6.07, 6.45) is -0.561. The zero-order valence-corrected chi connectivity index (χ0v) is 14.9. The Hall–Kier alpha value is -2.49. The highest BCUT2D eigenvalue weighted by atomic mass is 19.1. The van der Waals surface area contributed by atoms with Crippen LogP contribution in [-0.4, -0.2) is 35.0 Å². The van der Waals surface area contributed by atoms with Crippen LogP contribution in [0.1, 0.15) is 39.2 Å². The second kappa shape index (κ2) is 6.04. The fourth-order valence-electron chi connectivity index (χ4n) is 3.90. The van der Waals surface area contributed by atoms with Crippen LogP contribution in [0.3, 0.4) is 0 Å². The number of ether oxygens (including phenoxy) is 1. The normalized spacial score (nSPS) is 26.8. The molecule has 7 heteroatoms. The van der Waals surface area contributed by atoms with Gasteiger partial charge in [0.2, 0.25) is 0 Å². The number of likely N-dealkylation sites (tertiary alicyclic amines) is 1. The van der Waals surface area contributed by atoms with Crippen molar-refractivity contribution in [1.82, 2.24) is 4.90 Å². The largest absolute Gasteiger partial charge is 0.444 e. The first kappa shape index (κ1) is 18.3. The van der Waals surface area contributed by atoms with Crippen LogP contribution < -0.4 is 0 Å². The summed E-state index contributed by atoms with van der Waals surface area (Å²) in [5.41, 5.74) is -1.40. The Bertz CT molecular complexity index is 812. The number of hydrogen-bond donors (Lipinski definition) is 0. The van der Waals surface area contributed by atoms with Crippen LogP contribution in [0.5, 0.6) is 0 Å². The summed E-state index contributed by atoms with van der Waals surface area (Å²) in [6, 6.07) is 4.16. The van der Waals surface area contributed by atoms with Gasteiger partial charge in [-0.3, -0.25) is 9.69 Å². The third kappa shape index (κ3) is 3.05. The molecular formula is C19H20F2N2O3. The highest BCUT2D eigenvalue weighted by Gasteiger charge is 2.69. The number of benzene rings is 1. The topological polar surface area (TPSA) is 70.4 Å². The zero-order chi connectivity index (χ0) is 19.3. The lowest BCUT2D eigenvalue weighted by atomic mass is 9.93. The lowest BCUT2D eigenvalue weighted by Gasteiger charge is -2.30. The molecule has 1 heterocycles. The first-order valence-corrected chi connectivity index (χ1v) is 8.44. The average molecular weight is 362 g/mol. The van der Waals surface area contributed by atoms with Crippen molar-refractivity contribution in [1.29, 1.82) is 5.26 Å². The maximum atomic E-state index is 14.3. The molecule has 1 aliphatic carbocycles. The average Bonchev–Trinajstić information content (AvgIpc) is 3.14. The molecule has 1 aromatic carbocycles. The van der Waals surface area contributed by atoms with Gasteiger partial charge in [0, 0.05) is 12.0 Å². The van der Waals surface area contributed by atoms with Crippen molar-refractivity contribution in [3.05, 3.63) is 35.4 Å². The number of rotatable bonds is 3. The van der Waals surface area contributed by atoms with Crippen molar-refractivity contribution in [3.63, 3.8) is 0 Å². The summed E-state index contributed by atoms with van der Waals surface area (Å²) in [6.45, 7) is 5.18. The smallest absolute Gasteiger partial charge is 0.410 e. The number of fused-ring (bicyclic) bond motifs is 1. The van der Waals surface area contributed by atoms with Gasteiger partial charge in [-0.15, -0.1) is 0 Å². The van der Waals surface area contributed by atoms with Crippen LogP contribution in [0.15, 0.2) is 18.2 Å². The van der Waals surface area contributed by atoms with Gasteiger partial charge in [-0.05, 0) is 56.9 Å². The number of piperidine rings is 1. The molecule has 2 fully saturated rings. The van der Waals surface area contributed by atoms with E-state index in [-0.39, 0.29) is 24.4 Å². The van der Waals surface area contributed by atoms with E-state index >= 15 is 0 Å². The van der Waals surface area contributed by atoms with Crippen LogP contribution in [0.4, 0.5) is 13.6 Å². The van der Waals surface area contributed by atoms with Crippen LogP contribution in [-0.2, 0) is 14.9 Å². The minimum absolute atomic E-state index is 0.0643. The van der Waals surface area contributed by atoms with Crippen molar-refractivity contribution in [2.45, 2.75) is 50.7 Å². The number of hydrogen-bond acceptors (Lipinski definition) is 4. The fraction of sp³-hybridized carbons (Fsp3) is 0.526. The summed E-state index contributed by atoms with van der Waals surface area (Å²) in [7, 11) is 0. The van der Waals surface area contributed by atoms with E-state index in [1.807, 2.05) is 0 Å². The molecule has 138 valence electrons. The first-order chi connectivity index (χ1) is 12.1. The molecule has 0 spiro atoms. The van der Waals surface area contributed by atoms with E-state index in [2.05, 4.69) is 0 Å². The van der Waals surface area contributed by atoms with E-state index < -0.39 is 40.6 Å². The lowest BCUT2D eigenvalue weighted by molar-refractivity contribution is -0.123. The van der Waals surface area contributed by atoms with Crippen molar-refractivity contribution >= 4 is 11.9 Å². The molecule has 5 nitrogen and oxygen atoms in total. The number of carbonyl (C=O) groups is 2. The predicted octanol–water partition coefficient (Wildman–Crippen LogP) is 3.32. The number of ketones is 1. The summed E-state index contributed by atoms with van der Waals surface area (Å²) in [5, 5.41) is 8.85. The van der Waals surface area contributed by atoms with Gasteiger partial charge in [0.1, 0.15) is 17.2 Å². The van der Waals surface area contributed by atoms with E-state index in [1.165, 1.54) is 4.90 Å². The van der Waals surface area contributed by atoms with Gasteiger partial charge in [0.05, 0.1) is 18.5 Å². The second-order valence-corrected chi connectivity index (χ2v) is 7.95. The molecule has 2 aliphatic rings. The van der Waals surface area contributed by atoms with Crippen LogP contribution in [0, 0.1) is 28.9 Å². The molecule has 26 heavy (non-hydrogen) atoms. The number of nitrogens with zero attached hydrogens (tertiary/aromatic N) is 2. The Labute approximate surface area is 150 Å². The van der Waals surface area contributed by atoms with Gasteiger partial charge in [-0.25, -0.2) is 13.6 Å². The number of amides is 1. The number of Topliss-reactive ketones (excluding diaryl/α,β-unsaturated/α-hetero) is 1. The van der Waals surface area contributed by atoms with E-state index in [0.717, 1.165) is 18.2 Å². The molecule has 3 rings (SSSR count). The van der Waals surface area contributed by atoms with E-state index in [9.17, 15) is 18.4 Å². The highest BCUT2D eigenvalue weighted by Crippen LogP contribution is 2.62. The molecule has 3 atom stereocenters. The summed E-state index contributed by atoms with van der Waals surface area (Å²) < 4.78 is 33.4. The fourth-order valence-corrected chi connectivity index (χ4v) is 3.90. The third-order valence-electron chi connectivity index (χ3n) is 4.98. The Morgan fingerprint density at radius 1 is 1.38 bits per heavy atom. The van der Waals surface area contributed by atoms with E-state index in [1.54, 1.807) is 26.8 Å². The second-order valence-electron chi connectivity index (χ2n) is 7.95. The lowest BCUT2D eigenvalue weighted by Crippen LogP contribution is -2.46. The quantitative estimate of drug-likeness (QED) is 0.827. The molecule has 1 aromatic rings. The van der Waals surface area contributed by atoms with Crippen molar-refractivity contribution < 1.29 is 23.1 Å². The highest BCUT2D eigenvalue weighted by molar-refractivity contribution is 5.91. The molecule has 0 radical (unpaired) electrons. The monoisotopic (exact) mass is 362 g/mol. The molecule has 0 bridgehead atoms. The molecule has 0 N–H and O–H groups in total. The molecule has 1 aliphatic heterocycles. The van der Waals surface area contributed by atoms with Gasteiger partial charge in [-0.1, -0.05) is 0 Å². The SMILES string of the molecule is CC(C)(C)OC(=O)N1C[C@@]2(c3cc(F)ccc3F)C[C@H]2C1C(=O)CC#N. The maximum absolute atomic E-state index is 14.3. The standard InChI is InChI=1S/C19H20F2N2O3/c1-18(2,3)26-17(25)23-10-19(12-8-11(20)4-5-14(12)21)9-13(19)16(23)15(24)6-7-22/h4-5,8,13,16H,6,9-10H2,1-3H3/t13-,16?,19+/m0/s1. The third-order valence-corrected chi connectivity index (χ3v) is 4.98. The van der Waals surface area contributed by atoms with Crippen molar-refractivity contribution in [2.24, 2.45) is 5.92 Å². The number of nitriles is 1. The van der Waals surface area contributed by atoms with Crippen LogP contribution >= 0.6 is 0 Å². The van der Waals surface area contributed by atoms with Gasteiger partial charge >= 0.3 is 6.09 Å². The molecule has 1 saturated carbocycles. The minimum Gasteiger partial charge on any atom is -0.444 e. The van der Waals surface area contributed by atoms with Crippen LogP contribution in [0.2, 0.25) is 0 Å². The van der Waals surface area contributed by atoms with Gasteiger partial charge in [0.15, 0.2) is 5.78 Å². The van der Waals surface area contributed by atoms with Crippen LogP contribution in [0.25, 0.3) is 0 Å². The molecule has 1 unspecified atom stereocenters. The number of halogens is 2. The first-order valence-electron chi connectivity index (χ1n) is 8.44.